The van der Waals surface area contributed by atoms with Crippen molar-refractivity contribution in [3.05, 3.63) is 58.4 Å². The lowest BCUT2D eigenvalue weighted by atomic mass is 10.0. The first-order valence-electron chi connectivity index (χ1n) is 7.61. The lowest BCUT2D eigenvalue weighted by Crippen LogP contribution is -2.02. The molecule has 3 nitrogen and oxygen atoms in total. The van der Waals surface area contributed by atoms with Crippen LogP contribution in [0.5, 0.6) is 5.75 Å². The average molecular weight is 318 g/mol. The van der Waals surface area contributed by atoms with E-state index in [1.165, 1.54) is 5.56 Å². The summed E-state index contributed by atoms with van der Waals surface area (Å²) in [7, 11) is 1.67. The summed E-state index contributed by atoms with van der Waals surface area (Å²) in [4.78, 5) is 4.51. The highest BCUT2D eigenvalue weighted by Gasteiger charge is 2.33. The molecule has 4 heteroatoms. The highest BCUT2D eigenvalue weighted by atomic mass is 35.5. The quantitative estimate of drug-likeness (QED) is 0.786. The van der Waals surface area contributed by atoms with Crippen LogP contribution in [-0.4, -0.2) is 12.1 Å². The van der Waals surface area contributed by atoms with E-state index in [9.17, 15) is 0 Å². The normalized spacial score (nSPS) is 20.0. The Balaban J connectivity index is 1.72. The molecule has 3 rings (SSSR count). The van der Waals surface area contributed by atoms with Gasteiger partial charge in [0.2, 0.25) is 0 Å². The Morgan fingerprint density at radius 1 is 1.23 bits per heavy atom. The van der Waals surface area contributed by atoms with E-state index in [0.717, 1.165) is 34.9 Å². The highest BCUT2D eigenvalue weighted by molar-refractivity contribution is 6.31. The van der Waals surface area contributed by atoms with Gasteiger partial charge in [0.1, 0.15) is 11.9 Å². The smallest absolute Gasteiger partial charge is 0.118 e. The molecule has 0 radical (unpaired) electrons. The van der Waals surface area contributed by atoms with Crippen LogP contribution in [0.25, 0.3) is 0 Å². The molecule has 0 saturated carbocycles. The molecule has 2 aromatic rings. The summed E-state index contributed by atoms with van der Waals surface area (Å²) >= 11 is 6.35. The standard InChI is InChI=1S/C18H20ClNO2/c1-3-13-10-16(18-17(13)15(19)8-9-20-18)22-11-12-4-6-14(21-2)7-5-12/h4-9,13,16H,3,10-11H2,1-2H3. The minimum absolute atomic E-state index is 0.0285. The molecule has 1 aliphatic carbocycles. The Bertz CT molecular complexity index is 642. The van der Waals surface area contributed by atoms with Crippen molar-refractivity contribution in [1.82, 2.24) is 4.98 Å². The molecule has 0 N–H and O–H groups in total. The Morgan fingerprint density at radius 2 is 2.00 bits per heavy atom. The molecule has 2 atom stereocenters. The van der Waals surface area contributed by atoms with Crippen LogP contribution >= 0.6 is 11.6 Å². The minimum Gasteiger partial charge on any atom is -0.497 e. The number of methoxy groups -OCH3 is 1. The van der Waals surface area contributed by atoms with E-state index in [-0.39, 0.29) is 6.10 Å². The topological polar surface area (TPSA) is 31.4 Å². The van der Waals surface area contributed by atoms with Crippen LogP contribution in [0.15, 0.2) is 36.5 Å². The summed E-state index contributed by atoms with van der Waals surface area (Å²) in [6.07, 6.45) is 3.81. The van der Waals surface area contributed by atoms with E-state index in [2.05, 4.69) is 11.9 Å². The van der Waals surface area contributed by atoms with Gasteiger partial charge in [0.25, 0.3) is 0 Å². The first kappa shape index (κ1) is 15.3. The molecular weight excluding hydrogens is 298 g/mol. The summed E-state index contributed by atoms with van der Waals surface area (Å²) in [5.74, 6) is 1.30. The lowest BCUT2D eigenvalue weighted by Gasteiger charge is -2.13. The summed E-state index contributed by atoms with van der Waals surface area (Å²) in [6.45, 7) is 2.75. The monoisotopic (exact) mass is 317 g/mol. The minimum atomic E-state index is 0.0285. The fraction of sp³-hybridized carbons (Fsp3) is 0.389. The maximum absolute atomic E-state index is 6.35. The van der Waals surface area contributed by atoms with Crippen LogP contribution in [0.3, 0.4) is 0 Å². The second-order valence-corrected chi connectivity index (χ2v) is 5.99. The molecule has 0 spiro atoms. The van der Waals surface area contributed by atoms with Gasteiger partial charge in [0, 0.05) is 11.2 Å². The first-order chi connectivity index (χ1) is 10.7. The molecule has 1 aliphatic rings. The van der Waals surface area contributed by atoms with Crippen molar-refractivity contribution in [3.63, 3.8) is 0 Å². The summed E-state index contributed by atoms with van der Waals surface area (Å²) in [6, 6.07) is 9.82. The predicted molar refractivity (Wildman–Crippen MR) is 87.4 cm³/mol. The molecule has 1 aromatic heterocycles. The van der Waals surface area contributed by atoms with E-state index in [0.29, 0.717) is 12.5 Å². The number of pyridine rings is 1. The van der Waals surface area contributed by atoms with Crippen molar-refractivity contribution in [2.24, 2.45) is 0 Å². The third-order valence-corrected chi connectivity index (χ3v) is 4.61. The zero-order chi connectivity index (χ0) is 15.5. The number of benzene rings is 1. The second kappa shape index (κ2) is 6.67. The molecule has 0 fully saturated rings. The molecular formula is C18H20ClNO2. The number of nitrogens with zero attached hydrogens (tertiary/aromatic N) is 1. The molecule has 0 saturated heterocycles. The van der Waals surface area contributed by atoms with E-state index in [4.69, 9.17) is 21.1 Å². The van der Waals surface area contributed by atoms with E-state index in [1.54, 1.807) is 13.3 Å². The average Bonchev–Trinajstić information content (AvgIpc) is 2.93. The SMILES string of the molecule is CCC1CC(OCc2ccc(OC)cc2)c2nccc(Cl)c21. The zero-order valence-corrected chi connectivity index (χ0v) is 13.6. The van der Waals surface area contributed by atoms with E-state index >= 15 is 0 Å². The predicted octanol–water partition coefficient (Wildman–Crippen LogP) is 4.90. The Labute approximate surface area is 136 Å². The van der Waals surface area contributed by atoms with E-state index < -0.39 is 0 Å². The molecule has 1 heterocycles. The number of ether oxygens (including phenoxy) is 2. The van der Waals surface area contributed by atoms with Gasteiger partial charge in [-0.25, -0.2) is 0 Å². The molecule has 0 bridgehead atoms. The number of rotatable bonds is 5. The fourth-order valence-corrected chi connectivity index (χ4v) is 3.36. The maximum atomic E-state index is 6.35. The van der Waals surface area contributed by atoms with Gasteiger partial charge in [-0.05, 0) is 48.1 Å². The summed E-state index contributed by atoms with van der Waals surface area (Å²) < 4.78 is 11.3. The van der Waals surface area contributed by atoms with Gasteiger partial charge in [0.05, 0.1) is 19.4 Å². The van der Waals surface area contributed by atoms with Crippen molar-refractivity contribution >= 4 is 11.6 Å². The maximum Gasteiger partial charge on any atom is 0.118 e. The number of hydrogen-bond donors (Lipinski definition) is 0. The third kappa shape index (κ3) is 2.96. The van der Waals surface area contributed by atoms with Crippen LogP contribution < -0.4 is 4.74 Å². The molecule has 2 unspecified atom stereocenters. The van der Waals surface area contributed by atoms with E-state index in [1.807, 2.05) is 30.3 Å². The van der Waals surface area contributed by atoms with Gasteiger partial charge in [-0.3, -0.25) is 4.98 Å². The summed E-state index contributed by atoms with van der Waals surface area (Å²) in [5, 5.41) is 0.812. The third-order valence-electron chi connectivity index (χ3n) is 4.28. The largest absolute Gasteiger partial charge is 0.497 e. The fourth-order valence-electron chi connectivity index (χ4n) is 3.05. The number of aromatic nitrogens is 1. The first-order valence-corrected chi connectivity index (χ1v) is 7.99. The number of hydrogen-bond acceptors (Lipinski definition) is 3. The zero-order valence-electron chi connectivity index (χ0n) is 12.9. The molecule has 22 heavy (non-hydrogen) atoms. The Hall–Kier alpha value is -1.58. The van der Waals surface area contributed by atoms with Crippen LogP contribution in [0.1, 0.15) is 48.6 Å². The van der Waals surface area contributed by atoms with Crippen LogP contribution in [0, 0.1) is 0 Å². The van der Waals surface area contributed by atoms with Gasteiger partial charge >= 0.3 is 0 Å². The second-order valence-electron chi connectivity index (χ2n) is 5.58. The van der Waals surface area contributed by atoms with Crippen molar-refractivity contribution in [2.75, 3.05) is 7.11 Å². The van der Waals surface area contributed by atoms with Gasteiger partial charge in [-0.2, -0.15) is 0 Å². The van der Waals surface area contributed by atoms with Gasteiger partial charge in [0.15, 0.2) is 0 Å². The number of halogens is 1. The highest BCUT2D eigenvalue weighted by Crippen LogP contribution is 2.46. The molecule has 0 amide bonds. The molecule has 116 valence electrons. The Morgan fingerprint density at radius 3 is 2.68 bits per heavy atom. The van der Waals surface area contributed by atoms with Gasteiger partial charge in [-0.1, -0.05) is 30.7 Å². The molecule has 1 aromatic carbocycles. The summed E-state index contributed by atoms with van der Waals surface area (Å²) in [5.41, 5.74) is 3.31. The van der Waals surface area contributed by atoms with Crippen molar-refractivity contribution in [3.8, 4) is 5.75 Å². The number of fused-ring (bicyclic) bond motifs is 1. The van der Waals surface area contributed by atoms with Crippen LogP contribution in [0.4, 0.5) is 0 Å². The van der Waals surface area contributed by atoms with Crippen LogP contribution in [-0.2, 0) is 11.3 Å². The lowest BCUT2D eigenvalue weighted by molar-refractivity contribution is 0.0352. The van der Waals surface area contributed by atoms with Gasteiger partial charge < -0.3 is 9.47 Å². The van der Waals surface area contributed by atoms with Crippen molar-refractivity contribution in [1.29, 1.82) is 0 Å². The van der Waals surface area contributed by atoms with Crippen molar-refractivity contribution in [2.45, 2.75) is 38.4 Å². The van der Waals surface area contributed by atoms with Crippen LogP contribution in [0.2, 0.25) is 5.02 Å². The van der Waals surface area contributed by atoms with Crippen molar-refractivity contribution < 1.29 is 9.47 Å². The Kier molecular flexibility index (Phi) is 4.65. The molecule has 0 aliphatic heterocycles. The van der Waals surface area contributed by atoms with Gasteiger partial charge in [-0.15, -0.1) is 0 Å².